The van der Waals surface area contributed by atoms with Gasteiger partial charge in [0.25, 0.3) is 0 Å². The van der Waals surface area contributed by atoms with Crippen molar-refractivity contribution in [3.05, 3.63) is 28.0 Å². The van der Waals surface area contributed by atoms with E-state index in [-0.39, 0.29) is 6.29 Å². The maximum atomic E-state index is 10.3. The van der Waals surface area contributed by atoms with Crippen LogP contribution in [-0.4, -0.2) is 24.3 Å². The fourth-order valence-electron chi connectivity index (χ4n) is 1.28. The molecule has 0 aliphatic carbocycles. The van der Waals surface area contributed by atoms with Gasteiger partial charge >= 0.3 is 5.97 Å². The number of hydrogen-bond donors (Lipinski definition) is 1. The van der Waals surface area contributed by atoms with Crippen molar-refractivity contribution < 1.29 is 19.4 Å². The number of carboxylic acids is 1. The first-order valence-electron chi connectivity index (χ1n) is 4.48. The van der Waals surface area contributed by atoms with Crippen LogP contribution in [0.25, 0.3) is 6.08 Å². The smallest absolute Gasteiger partial charge is 0.328 e. The van der Waals surface area contributed by atoms with E-state index < -0.39 is 5.97 Å². The maximum absolute atomic E-state index is 10.3. The first-order valence-corrected chi connectivity index (χ1v) is 5.36. The van der Waals surface area contributed by atoms with Crippen molar-refractivity contribution in [1.29, 1.82) is 0 Å². The maximum Gasteiger partial charge on any atom is 0.328 e. The molecule has 1 aromatic heterocycles. The summed E-state index contributed by atoms with van der Waals surface area (Å²) in [4.78, 5) is 11.2. The second-order valence-electron chi connectivity index (χ2n) is 3.03. The zero-order chi connectivity index (χ0) is 10.7. The highest BCUT2D eigenvalue weighted by Crippen LogP contribution is 2.28. The number of carboxylic acid groups (broad SMARTS) is 1. The van der Waals surface area contributed by atoms with Gasteiger partial charge in [-0.25, -0.2) is 4.79 Å². The standard InChI is InChI=1S/C10H10O4S/c11-9(12)2-1-8-5-7(6-15-8)10-13-3-4-14-10/h1-2,5-6,10H,3-4H2,(H,11,12). The zero-order valence-corrected chi connectivity index (χ0v) is 8.70. The molecule has 0 unspecified atom stereocenters. The molecule has 0 radical (unpaired) electrons. The Balaban J connectivity index is 2.06. The normalized spacial score (nSPS) is 17.6. The Bertz CT molecular complexity index is 377. The highest BCUT2D eigenvalue weighted by molar-refractivity contribution is 7.11. The van der Waals surface area contributed by atoms with Gasteiger partial charge in [-0.2, -0.15) is 0 Å². The predicted octanol–water partition coefficient (Wildman–Crippen LogP) is 1.89. The lowest BCUT2D eigenvalue weighted by molar-refractivity contribution is -0.131. The predicted molar refractivity (Wildman–Crippen MR) is 55.6 cm³/mol. The summed E-state index contributed by atoms with van der Waals surface area (Å²) in [6.07, 6.45) is 2.39. The van der Waals surface area contributed by atoms with Crippen molar-refractivity contribution in [3.63, 3.8) is 0 Å². The van der Waals surface area contributed by atoms with Crippen LogP contribution < -0.4 is 0 Å². The minimum atomic E-state index is -0.946. The van der Waals surface area contributed by atoms with Crippen molar-refractivity contribution >= 4 is 23.4 Å². The Morgan fingerprint density at radius 2 is 2.27 bits per heavy atom. The van der Waals surface area contributed by atoms with E-state index in [0.717, 1.165) is 16.5 Å². The van der Waals surface area contributed by atoms with E-state index in [4.69, 9.17) is 14.6 Å². The van der Waals surface area contributed by atoms with Crippen LogP contribution in [0.5, 0.6) is 0 Å². The summed E-state index contributed by atoms with van der Waals surface area (Å²) in [5.74, 6) is -0.946. The van der Waals surface area contributed by atoms with Gasteiger partial charge in [0.05, 0.1) is 13.2 Å². The lowest BCUT2D eigenvalue weighted by Gasteiger charge is -2.04. The van der Waals surface area contributed by atoms with Crippen molar-refractivity contribution in [1.82, 2.24) is 0 Å². The molecule has 1 N–H and O–H groups in total. The minimum Gasteiger partial charge on any atom is -0.478 e. The van der Waals surface area contributed by atoms with Crippen molar-refractivity contribution in [2.75, 3.05) is 13.2 Å². The zero-order valence-electron chi connectivity index (χ0n) is 7.88. The Morgan fingerprint density at radius 1 is 1.53 bits per heavy atom. The second-order valence-corrected chi connectivity index (χ2v) is 3.97. The number of thiophene rings is 1. The van der Waals surface area contributed by atoms with Crippen molar-refractivity contribution in [3.8, 4) is 0 Å². The summed E-state index contributed by atoms with van der Waals surface area (Å²) >= 11 is 1.47. The average Bonchev–Trinajstić information content (AvgIpc) is 2.85. The topological polar surface area (TPSA) is 55.8 Å². The van der Waals surface area contributed by atoms with E-state index in [1.807, 2.05) is 11.4 Å². The average molecular weight is 226 g/mol. The summed E-state index contributed by atoms with van der Waals surface area (Å²) in [5.41, 5.74) is 0.947. The van der Waals surface area contributed by atoms with Gasteiger partial charge in [-0.15, -0.1) is 11.3 Å². The van der Waals surface area contributed by atoms with E-state index in [9.17, 15) is 4.79 Å². The van der Waals surface area contributed by atoms with E-state index >= 15 is 0 Å². The van der Waals surface area contributed by atoms with Crippen LogP contribution in [0.15, 0.2) is 17.5 Å². The molecule has 1 aliphatic rings. The molecule has 1 aliphatic heterocycles. The molecule has 0 saturated carbocycles. The molecule has 2 heterocycles. The van der Waals surface area contributed by atoms with Gasteiger partial charge in [0.15, 0.2) is 6.29 Å². The van der Waals surface area contributed by atoms with Crippen LogP contribution in [0, 0.1) is 0 Å². The molecule has 1 fully saturated rings. The van der Waals surface area contributed by atoms with Gasteiger partial charge in [0.2, 0.25) is 0 Å². The fraction of sp³-hybridized carbons (Fsp3) is 0.300. The Hall–Kier alpha value is -1.17. The Labute approximate surface area is 90.7 Å². The summed E-state index contributed by atoms with van der Waals surface area (Å²) in [6.45, 7) is 1.22. The highest BCUT2D eigenvalue weighted by atomic mass is 32.1. The monoisotopic (exact) mass is 226 g/mol. The first kappa shape index (κ1) is 10.4. The van der Waals surface area contributed by atoms with Gasteiger partial charge < -0.3 is 14.6 Å². The number of aliphatic carboxylic acids is 1. The third-order valence-electron chi connectivity index (χ3n) is 1.92. The Kier molecular flexibility index (Phi) is 3.15. The van der Waals surface area contributed by atoms with Crippen LogP contribution in [0.2, 0.25) is 0 Å². The van der Waals surface area contributed by atoms with Crippen LogP contribution in [0.3, 0.4) is 0 Å². The Morgan fingerprint density at radius 3 is 2.93 bits per heavy atom. The number of rotatable bonds is 3. The van der Waals surface area contributed by atoms with Gasteiger partial charge in [-0.05, 0) is 17.5 Å². The van der Waals surface area contributed by atoms with E-state index in [2.05, 4.69) is 0 Å². The first-order chi connectivity index (χ1) is 7.25. The molecule has 1 aromatic rings. The van der Waals surface area contributed by atoms with Gasteiger partial charge in [-0.3, -0.25) is 0 Å². The highest BCUT2D eigenvalue weighted by Gasteiger charge is 2.18. The van der Waals surface area contributed by atoms with Gasteiger partial charge in [0.1, 0.15) is 0 Å². The van der Waals surface area contributed by atoms with E-state index in [1.54, 1.807) is 6.08 Å². The molecule has 1 saturated heterocycles. The van der Waals surface area contributed by atoms with E-state index in [0.29, 0.717) is 13.2 Å². The van der Waals surface area contributed by atoms with Crippen molar-refractivity contribution in [2.45, 2.75) is 6.29 Å². The molecular weight excluding hydrogens is 216 g/mol. The number of ether oxygens (including phenoxy) is 2. The summed E-state index contributed by atoms with van der Waals surface area (Å²) in [6, 6.07) is 1.88. The summed E-state index contributed by atoms with van der Waals surface area (Å²) < 4.78 is 10.6. The minimum absolute atomic E-state index is 0.284. The van der Waals surface area contributed by atoms with Crippen molar-refractivity contribution in [2.24, 2.45) is 0 Å². The molecule has 15 heavy (non-hydrogen) atoms. The van der Waals surface area contributed by atoms with Crippen LogP contribution >= 0.6 is 11.3 Å². The van der Waals surface area contributed by atoms with Gasteiger partial charge in [0, 0.05) is 16.5 Å². The molecule has 0 spiro atoms. The third kappa shape index (κ3) is 2.65. The second kappa shape index (κ2) is 4.57. The summed E-state index contributed by atoms with van der Waals surface area (Å²) in [5, 5.41) is 10.4. The number of carbonyl (C=O) groups is 1. The van der Waals surface area contributed by atoms with Crippen LogP contribution in [0.4, 0.5) is 0 Å². The van der Waals surface area contributed by atoms with Gasteiger partial charge in [-0.1, -0.05) is 0 Å². The van der Waals surface area contributed by atoms with Crippen LogP contribution in [-0.2, 0) is 14.3 Å². The largest absolute Gasteiger partial charge is 0.478 e. The molecule has 80 valence electrons. The van der Waals surface area contributed by atoms with E-state index in [1.165, 1.54) is 11.3 Å². The molecule has 0 aromatic carbocycles. The third-order valence-corrected chi connectivity index (χ3v) is 2.84. The summed E-state index contributed by atoms with van der Waals surface area (Å²) in [7, 11) is 0. The molecule has 0 amide bonds. The molecule has 0 atom stereocenters. The fourth-order valence-corrected chi connectivity index (χ4v) is 2.09. The lowest BCUT2D eigenvalue weighted by Crippen LogP contribution is -1.94. The molecule has 4 nitrogen and oxygen atoms in total. The molecule has 5 heteroatoms. The number of hydrogen-bond acceptors (Lipinski definition) is 4. The SMILES string of the molecule is O=C(O)C=Cc1cc(C2OCCO2)cs1. The quantitative estimate of drug-likeness (QED) is 0.800. The molecule has 0 bridgehead atoms. The van der Waals surface area contributed by atoms with Crippen LogP contribution in [0.1, 0.15) is 16.7 Å². The lowest BCUT2D eigenvalue weighted by atomic mass is 10.3. The molecule has 2 rings (SSSR count). The molecular formula is C10H10O4S.